The number of nitrogens with two attached hydrogens (primary N) is 1. The number of hydrogen-bond donors (Lipinski definition) is 1. The molecule has 2 aliphatic rings. The fourth-order valence-corrected chi connectivity index (χ4v) is 2.88. The molecule has 3 rings (SSSR count). The minimum absolute atomic E-state index is 0.354. The van der Waals surface area contributed by atoms with Crippen LogP contribution in [0.15, 0.2) is 23.8 Å². The molecular weight excluding hydrogens is 198 g/mol. The third-order valence-corrected chi connectivity index (χ3v) is 3.75. The number of rotatable bonds is 1. The van der Waals surface area contributed by atoms with Crippen molar-refractivity contribution in [3.63, 3.8) is 0 Å². The molecule has 0 aromatic heterocycles. The van der Waals surface area contributed by atoms with Crippen LogP contribution in [0.3, 0.4) is 0 Å². The van der Waals surface area contributed by atoms with Gasteiger partial charge in [-0.15, -0.1) is 0 Å². The Balaban J connectivity index is 2.00. The van der Waals surface area contributed by atoms with Gasteiger partial charge in [0.2, 0.25) is 0 Å². The second-order valence-electron chi connectivity index (χ2n) is 4.78. The number of ether oxygens (including phenoxy) is 1. The third kappa shape index (κ3) is 1.45. The molecule has 2 aliphatic carbocycles. The van der Waals surface area contributed by atoms with Gasteiger partial charge in [0.25, 0.3) is 0 Å². The predicted octanol–water partition coefficient (Wildman–Crippen LogP) is 2.52. The summed E-state index contributed by atoms with van der Waals surface area (Å²) < 4.78 is 5.27. The first-order valence-corrected chi connectivity index (χ1v) is 5.91. The summed E-state index contributed by atoms with van der Waals surface area (Å²) >= 11 is 0. The van der Waals surface area contributed by atoms with Gasteiger partial charge in [-0.25, -0.2) is 0 Å². The number of benzene rings is 1. The van der Waals surface area contributed by atoms with E-state index in [0.29, 0.717) is 6.04 Å². The van der Waals surface area contributed by atoms with Crippen molar-refractivity contribution in [2.24, 2.45) is 5.73 Å². The SMILES string of the molecule is COc1ccc2c(c1)CC1=C2CC(N)CC1. The molecule has 84 valence electrons. The fourth-order valence-electron chi connectivity index (χ4n) is 2.88. The molecule has 1 aromatic rings. The van der Waals surface area contributed by atoms with E-state index >= 15 is 0 Å². The van der Waals surface area contributed by atoms with Crippen LogP contribution in [0.5, 0.6) is 5.75 Å². The van der Waals surface area contributed by atoms with Crippen LogP contribution in [-0.4, -0.2) is 13.2 Å². The lowest BCUT2D eigenvalue weighted by Crippen LogP contribution is -2.23. The Bertz CT molecular complexity index is 462. The molecule has 2 heteroatoms. The maximum Gasteiger partial charge on any atom is 0.119 e. The number of fused-ring (bicyclic) bond motifs is 2. The lowest BCUT2D eigenvalue weighted by Gasteiger charge is -2.20. The lowest BCUT2D eigenvalue weighted by atomic mass is 9.89. The van der Waals surface area contributed by atoms with Gasteiger partial charge in [0.15, 0.2) is 0 Å². The quantitative estimate of drug-likeness (QED) is 0.781. The Labute approximate surface area is 96.1 Å². The molecule has 0 amide bonds. The van der Waals surface area contributed by atoms with Crippen LogP contribution in [-0.2, 0) is 6.42 Å². The van der Waals surface area contributed by atoms with Crippen LogP contribution in [0.2, 0.25) is 0 Å². The van der Waals surface area contributed by atoms with Crippen molar-refractivity contribution in [3.05, 3.63) is 34.9 Å². The Morgan fingerprint density at radius 1 is 1.38 bits per heavy atom. The lowest BCUT2D eigenvalue weighted by molar-refractivity contribution is 0.414. The number of methoxy groups -OCH3 is 1. The smallest absolute Gasteiger partial charge is 0.119 e. The van der Waals surface area contributed by atoms with Crippen molar-refractivity contribution in [2.75, 3.05) is 7.11 Å². The van der Waals surface area contributed by atoms with Gasteiger partial charge in [-0.05, 0) is 54.5 Å². The van der Waals surface area contributed by atoms with Crippen molar-refractivity contribution >= 4 is 5.57 Å². The largest absolute Gasteiger partial charge is 0.497 e. The highest BCUT2D eigenvalue weighted by Crippen LogP contribution is 2.42. The first kappa shape index (κ1) is 9.91. The number of allylic oxidation sites excluding steroid dienone is 1. The van der Waals surface area contributed by atoms with E-state index in [-0.39, 0.29) is 0 Å². The highest BCUT2D eigenvalue weighted by Gasteiger charge is 2.26. The summed E-state index contributed by atoms with van der Waals surface area (Å²) in [6, 6.07) is 6.76. The average molecular weight is 215 g/mol. The monoisotopic (exact) mass is 215 g/mol. The normalized spacial score (nSPS) is 23.0. The van der Waals surface area contributed by atoms with Crippen molar-refractivity contribution < 1.29 is 4.74 Å². The molecule has 0 aliphatic heterocycles. The van der Waals surface area contributed by atoms with Crippen LogP contribution in [0, 0.1) is 0 Å². The summed E-state index contributed by atoms with van der Waals surface area (Å²) in [4.78, 5) is 0. The molecular formula is C14H17NO. The second kappa shape index (κ2) is 3.63. The van der Waals surface area contributed by atoms with Crippen molar-refractivity contribution in [1.29, 1.82) is 0 Å². The molecule has 1 atom stereocenters. The fraction of sp³-hybridized carbons (Fsp3) is 0.429. The van der Waals surface area contributed by atoms with Crippen LogP contribution in [0.1, 0.15) is 30.4 Å². The van der Waals surface area contributed by atoms with Gasteiger partial charge < -0.3 is 10.5 Å². The maximum atomic E-state index is 6.05. The summed E-state index contributed by atoms with van der Waals surface area (Å²) in [5, 5.41) is 0. The molecule has 0 radical (unpaired) electrons. The molecule has 16 heavy (non-hydrogen) atoms. The molecule has 1 aromatic carbocycles. The Hall–Kier alpha value is -1.28. The first-order valence-electron chi connectivity index (χ1n) is 5.91. The third-order valence-electron chi connectivity index (χ3n) is 3.75. The summed E-state index contributed by atoms with van der Waals surface area (Å²) in [5.74, 6) is 0.961. The molecule has 2 nitrogen and oxygen atoms in total. The summed E-state index contributed by atoms with van der Waals surface area (Å²) in [7, 11) is 1.72. The van der Waals surface area contributed by atoms with E-state index < -0.39 is 0 Å². The van der Waals surface area contributed by atoms with E-state index in [1.807, 2.05) is 0 Å². The number of hydrogen-bond acceptors (Lipinski definition) is 2. The predicted molar refractivity (Wildman–Crippen MR) is 65.4 cm³/mol. The van der Waals surface area contributed by atoms with Gasteiger partial charge in [0.1, 0.15) is 5.75 Å². The minimum atomic E-state index is 0.354. The van der Waals surface area contributed by atoms with Crippen molar-refractivity contribution in [3.8, 4) is 5.75 Å². The zero-order valence-electron chi connectivity index (χ0n) is 9.62. The van der Waals surface area contributed by atoms with E-state index in [1.54, 1.807) is 12.7 Å². The van der Waals surface area contributed by atoms with Crippen LogP contribution < -0.4 is 10.5 Å². The van der Waals surface area contributed by atoms with Crippen LogP contribution in [0.4, 0.5) is 0 Å². The van der Waals surface area contributed by atoms with E-state index in [9.17, 15) is 0 Å². The second-order valence-corrected chi connectivity index (χ2v) is 4.78. The van der Waals surface area contributed by atoms with Gasteiger partial charge in [-0.3, -0.25) is 0 Å². The summed E-state index contributed by atoms with van der Waals surface area (Å²) in [6.45, 7) is 0. The molecule has 2 N–H and O–H groups in total. The molecule has 1 unspecified atom stereocenters. The Morgan fingerprint density at radius 3 is 3.06 bits per heavy atom. The average Bonchev–Trinajstić information content (AvgIpc) is 2.66. The minimum Gasteiger partial charge on any atom is -0.497 e. The molecule has 0 saturated carbocycles. The van der Waals surface area contributed by atoms with Gasteiger partial charge in [0.05, 0.1) is 7.11 Å². The van der Waals surface area contributed by atoms with Crippen LogP contribution in [0.25, 0.3) is 5.57 Å². The van der Waals surface area contributed by atoms with Gasteiger partial charge in [-0.2, -0.15) is 0 Å². The Kier molecular flexibility index (Phi) is 2.25. The maximum absolute atomic E-state index is 6.05. The topological polar surface area (TPSA) is 35.2 Å². The molecule has 0 spiro atoms. The highest BCUT2D eigenvalue weighted by molar-refractivity contribution is 5.78. The van der Waals surface area contributed by atoms with Gasteiger partial charge in [-0.1, -0.05) is 11.6 Å². The highest BCUT2D eigenvalue weighted by atomic mass is 16.5. The van der Waals surface area contributed by atoms with E-state index in [2.05, 4.69) is 18.2 Å². The molecule has 0 fully saturated rings. The zero-order chi connectivity index (χ0) is 11.1. The van der Waals surface area contributed by atoms with Crippen molar-refractivity contribution in [1.82, 2.24) is 0 Å². The molecule has 0 bridgehead atoms. The van der Waals surface area contributed by atoms with E-state index in [4.69, 9.17) is 10.5 Å². The van der Waals surface area contributed by atoms with E-state index in [1.165, 1.54) is 23.1 Å². The van der Waals surface area contributed by atoms with Gasteiger partial charge >= 0.3 is 0 Å². The van der Waals surface area contributed by atoms with E-state index in [0.717, 1.165) is 25.0 Å². The summed E-state index contributed by atoms with van der Waals surface area (Å²) in [5.41, 5.74) is 12.0. The zero-order valence-corrected chi connectivity index (χ0v) is 9.62. The molecule has 0 saturated heterocycles. The standard InChI is InChI=1S/C14H17NO/c1-16-12-4-5-13-10(7-12)6-9-2-3-11(15)8-14(9)13/h4-5,7,11H,2-3,6,8,15H2,1H3. The first-order chi connectivity index (χ1) is 7.78. The van der Waals surface area contributed by atoms with Crippen molar-refractivity contribution in [2.45, 2.75) is 31.7 Å². The van der Waals surface area contributed by atoms with Crippen LogP contribution >= 0.6 is 0 Å². The Morgan fingerprint density at radius 2 is 2.25 bits per heavy atom. The summed E-state index contributed by atoms with van der Waals surface area (Å²) in [6.07, 6.45) is 4.47. The molecule has 0 heterocycles. The van der Waals surface area contributed by atoms with Gasteiger partial charge in [0, 0.05) is 6.04 Å².